The monoisotopic (exact) mass is 275 g/mol. The van der Waals surface area contributed by atoms with Crippen molar-refractivity contribution < 1.29 is 4.79 Å². The Morgan fingerprint density at radius 2 is 2.30 bits per heavy atom. The lowest BCUT2D eigenvalue weighted by Gasteiger charge is -2.27. The molecule has 1 aromatic rings. The van der Waals surface area contributed by atoms with Gasteiger partial charge in [-0.1, -0.05) is 27.2 Å². The fraction of sp³-hybridized carbons (Fsp3) is 0.625. The maximum Gasteiger partial charge on any atom is 0.270 e. The fourth-order valence-corrected chi connectivity index (χ4v) is 2.76. The summed E-state index contributed by atoms with van der Waals surface area (Å²) in [6, 6.07) is 3.97. The topological polar surface area (TPSA) is 54.0 Å². The SMILES string of the molecule is CCCNc1ccnc(C(=O)NC2CCCC2(C)C)c1. The van der Waals surface area contributed by atoms with Crippen molar-refractivity contribution in [3.05, 3.63) is 24.0 Å². The number of nitrogens with zero attached hydrogens (tertiary/aromatic N) is 1. The highest BCUT2D eigenvalue weighted by atomic mass is 16.1. The number of pyridine rings is 1. The Bertz CT molecular complexity index is 471. The number of anilines is 1. The minimum Gasteiger partial charge on any atom is -0.385 e. The van der Waals surface area contributed by atoms with Crippen molar-refractivity contribution in [2.75, 3.05) is 11.9 Å². The van der Waals surface area contributed by atoms with Crippen LogP contribution in [0.5, 0.6) is 0 Å². The Morgan fingerprint density at radius 3 is 2.95 bits per heavy atom. The zero-order valence-corrected chi connectivity index (χ0v) is 12.7. The first-order chi connectivity index (χ1) is 9.53. The van der Waals surface area contributed by atoms with Gasteiger partial charge in [0, 0.05) is 24.5 Å². The zero-order valence-electron chi connectivity index (χ0n) is 12.7. The highest BCUT2D eigenvalue weighted by Gasteiger charge is 2.35. The van der Waals surface area contributed by atoms with E-state index < -0.39 is 0 Å². The average Bonchev–Trinajstić information content (AvgIpc) is 2.76. The number of rotatable bonds is 5. The summed E-state index contributed by atoms with van der Waals surface area (Å²) in [4.78, 5) is 16.5. The Morgan fingerprint density at radius 1 is 1.50 bits per heavy atom. The molecule has 0 saturated heterocycles. The Balaban J connectivity index is 2.02. The molecule has 1 fully saturated rings. The molecule has 1 heterocycles. The van der Waals surface area contributed by atoms with Gasteiger partial charge in [0.2, 0.25) is 0 Å². The first kappa shape index (κ1) is 14.8. The minimum atomic E-state index is -0.0647. The molecule has 1 aromatic heterocycles. The second-order valence-electron chi connectivity index (χ2n) is 6.26. The summed E-state index contributed by atoms with van der Waals surface area (Å²) < 4.78 is 0. The predicted octanol–water partition coefficient (Wildman–Crippen LogP) is 3.21. The molecule has 0 aliphatic heterocycles. The van der Waals surface area contributed by atoms with Crippen LogP contribution in [0.2, 0.25) is 0 Å². The van der Waals surface area contributed by atoms with E-state index in [1.165, 1.54) is 12.8 Å². The lowest BCUT2D eigenvalue weighted by Crippen LogP contribution is -2.41. The molecule has 2 rings (SSSR count). The Labute approximate surface area is 121 Å². The average molecular weight is 275 g/mol. The van der Waals surface area contributed by atoms with E-state index in [1.54, 1.807) is 6.20 Å². The van der Waals surface area contributed by atoms with Gasteiger partial charge in [0.05, 0.1) is 0 Å². The van der Waals surface area contributed by atoms with Gasteiger partial charge in [0.25, 0.3) is 5.91 Å². The molecule has 0 spiro atoms. The van der Waals surface area contributed by atoms with Gasteiger partial charge in [0.1, 0.15) is 5.69 Å². The summed E-state index contributed by atoms with van der Waals surface area (Å²) >= 11 is 0. The number of aromatic nitrogens is 1. The van der Waals surface area contributed by atoms with Crippen molar-refractivity contribution in [3.63, 3.8) is 0 Å². The standard InChI is InChI=1S/C16H25N3O/c1-4-9-17-12-7-10-18-13(11-12)15(20)19-14-6-5-8-16(14,2)3/h7,10-11,14H,4-6,8-9H2,1-3H3,(H,17,18)(H,19,20). The molecule has 4 heteroatoms. The van der Waals surface area contributed by atoms with Crippen LogP contribution in [-0.2, 0) is 0 Å². The van der Waals surface area contributed by atoms with E-state index >= 15 is 0 Å². The van der Waals surface area contributed by atoms with Crippen LogP contribution in [0.3, 0.4) is 0 Å². The fourth-order valence-electron chi connectivity index (χ4n) is 2.76. The lowest BCUT2D eigenvalue weighted by molar-refractivity contribution is 0.0905. The van der Waals surface area contributed by atoms with Crippen molar-refractivity contribution >= 4 is 11.6 Å². The van der Waals surface area contributed by atoms with Crippen molar-refractivity contribution in [3.8, 4) is 0 Å². The molecular formula is C16H25N3O. The van der Waals surface area contributed by atoms with E-state index in [1.807, 2.05) is 12.1 Å². The molecule has 1 aliphatic rings. The summed E-state index contributed by atoms with van der Waals surface area (Å²) in [6.45, 7) is 7.46. The summed E-state index contributed by atoms with van der Waals surface area (Å²) in [7, 11) is 0. The molecular weight excluding hydrogens is 250 g/mol. The van der Waals surface area contributed by atoms with Gasteiger partial charge in [-0.15, -0.1) is 0 Å². The van der Waals surface area contributed by atoms with Gasteiger partial charge in [-0.25, -0.2) is 0 Å². The van der Waals surface area contributed by atoms with Crippen molar-refractivity contribution in [2.24, 2.45) is 5.41 Å². The van der Waals surface area contributed by atoms with Gasteiger partial charge in [-0.3, -0.25) is 9.78 Å². The van der Waals surface area contributed by atoms with Crippen molar-refractivity contribution in [1.29, 1.82) is 0 Å². The molecule has 20 heavy (non-hydrogen) atoms. The Kier molecular flexibility index (Phi) is 4.63. The number of nitrogens with one attached hydrogen (secondary N) is 2. The number of carbonyl (C=O) groups excluding carboxylic acids is 1. The lowest BCUT2D eigenvalue weighted by atomic mass is 9.87. The van der Waals surface area contributed by atoms with Crippen LogP contribution in [0, 0.1) is 5.41 Å². The van der Waals surface area contributed by atoms with Crippen LogP contribution in [-0.4, -0.2) is 23.5 Å². The quantitative estimate of drug-likeness (QED) is 0.867. The molecule has 110 valence electrons. The molecule has 1 amide bonds. The first-order valence-corrected chi connectivity index (χ1v) is 7.54. The molecule has 1 unspecified atom stereocenters. The van der Waals surface area contributed by atoms with Crippen LogP contribution in [0.15, 0.2) is 18.3 Å². The van der Waals surface area contributed by atoms with Crippen LogP contribution >= 0.6 is 0 Å². The van der Waals surface area contributed by atoms with Gasteiger partial charge in [-0.2, -0.15) is 0 Å². The number of amides is 1. The van der Waals surface area contributed by atoms with Crippen LogP contribution < -0.4 is 10.6 Å². The summed E-state index contributed by atoms with van der Waals surface area (Å²) in [6.07, 6.45) is 6.16. The van der Waals surface area contributed by atoms with Gasteiger partial charge >= 0.3 is 0 Å². The van der Waals surface area contributed by atoms with E-state index in [2.05, 4.69) is 36.4 Å². The second kappa shape index (κ2) is 6.25. The smallest absolute Gasteiger partial charge is 0.270 e. The molecule has 1 atom stereocenters. The largest absolute Gasteiger partial charge is 0.385 e. The maximum atomic E-state index is 12.3. The molecule has 0 bridgehead atoms. The molecule has 0 radical (unpaired) electrons. The maximum absolute atomic E-state index is 12.3. The molecule has 2 N–H and O–H groups in total. The molecule has 0 aromatic carbocycles. The van der Waals surface area contributed by atoms with E-state index in [-0.39, 0.29) is 17.4 Å². The van der Waals surface area contributed by atoms with Crippen LogP contribution in [0.1, 0.15) is 56.9 Å². The molecule has 4 nitrogen and oxygen atoms in total. The summed E-state index contributed by atoms with van der Waals surface area (Å²) in [5, 5.41) is 6.42. The van der Waals surface area contributed by atoms with Gasteiger partial charge in [0.15, 0.2) is 0 Å². The third kappa shape index (κ3) is 3.50. The third-order valence-corrected chi connectivity index (χ3v) is 4.13. The highest BCUT2D eigenvalue weighted by Crippen LogP contribution is 2.37. The second-order valence-corrected chi connectivity index (χ2v) is 6.26. The van der Waals surface area contributed by atoms with Crippen LogP contribution in [0.4, 0.5) is 5.69 Å². The van der Waals surface area contributed by atoms with E-state index in [0.29, 0.717) is 5.69 Å². The zero-order chi connectivity index (χ0) is 14.6. The summed E-state index contributed by atoms with van der Waals surface area (Å²) in [5.74, 6) is -0.0647. The van der Waals surface area contributed by atoms with Gasteiger partial charge in [-0.05, 0) is 36.8 Å². The number of hydrogen-bond acceptors (Lipinski definition) is 3. The number of hydrogen-bond donors (Lipinski definition) is 2. The first-order valence-electron chi connectivity index (χ1n) is 7.54. The van der Waals surface area contributed by atoms with Crippen molar-refractivity contribution in [1.82, 2.24) is 10.3 Å². The highest BCUT2D eigenvalue weighted by molar-refractivity contribution is 5.93. The summed E-state index contributed by atoms with van der Waals surface area (Å²) in [5.41, 5.74) is 1.64. The molecule has 1 saturated carbocycles. The number of carbonyl (C=O) groups is 1. The van der Waals surface area contributed by atoms with Gasteiger partial charge < -0.3 is 10.6 Å². The minimum absolute atomic E-state index is 0.0647. The van der Waals surface area contributed by atoms with E-state index in [9.17, 15) is 4.79 Å². The Hall–Kier alpha value is -1.58. The van der Waals surface area contributed by atoms with E-state index in [0.717, 1.165) is 25.1 Å². The van der Waals surface area contributed by atoms with Crippen molar-refractivity contribution in [2.45, 2.75) is 52.5 Å². The predicted molar refractivity (Wildman–Crippen MR) is 81.9 cm³/mol. The normalized spacial score (nSPS) is 20.6. The van der Waals surface area contributed by atoms with E-state index in [4.69, 9.17) is 0 Å². The third-order valence-electron chi connectivity index (χ3n) is 4.13. The molecule has 1 aliphatic carbocycles. The van der Waals surface area contributed by atoms with Crippen LogP contribution in [0.25, 0.3) is 0 Å².